The zero-order chi connectivity index (χ0) is 16.6. The number of carbonyl (C=O) groups is 3. The number of carbonyl (C=O) groups excluding carboxylic acids is 3. The zero-order valence-electron chi connectivity index (χ0n) is 12.0. The van der Waals surface area contributed by atoms with E-state index in [1.165, 1.54) is 14.0 Å². The lowest BCUT2D eigenvalue weighted by Crippen LogP contribution is -2.20. The Bertz CT molecular complexity index is 728. The van der Waals surface area contributed by atoms with Gasteiger partial charge in [-0.25, -0.2) is 0 Å². The third kappa shape index (κ3) is 2.25. The number of aliphatic hydroxyl groups is 1. The van der Waals surface area contributed by atoms with Crippen LogP contribution < -0.4 is 0 Å². The molecule has 1 aliphatic carbocycles. The Balaban J connectivity index is 2.84. The van der Waals surface area contributed by atoms with Gasteiger partial charge < -0.3 is 20.1 Å². The third-order valence-electron chi connectivity index (χ3n) is 3.42. The number of aliphatic hydroxyl groups excluding tert-OH is 1. The summed E-state index contributed by atoms with van der Waals surface area (Å²) in [6, 6.07) is 0. The summed E-state index contributed by atoms with van der Waals surface area (Å²) in [7, 11) is 1.19. The number of allylic oxidation sites excluding steroid dienone is 2. The number of hydrogen-bond donors (Lipinski definition) is 3. The van der Waals surface area contributed by atoms with Gasteiger partial charge in [0, 0.05) is 23.6 Å². The number of hydrogen-bond acceptors (Lipinski definition) is 7. The standard InChI is InChI=1S/C15H14O7/c1-6(17)3-7-8(5-16)14(20)11-9(18)4-10(22-2)15(21)12(11)13(7)19/h4,16,19-20H,3,5H2,1-2H3. The average Bonchev–Trinajstić information content (AvgIpc) is 2.46. The number of fused-ring (bicyclic) bond motifs is 1. The molecule has 116 valence electrons. The molecule has 3 N–H and O–H groups in total. The number of Topliss-reactive ketones (excluding diaryl/α,β-unsaturated/α-hetero) is 2. The Kier molecular flexibility index (Phi) is 4.01. The fraction of sp³-hybridized carbons (Fsp3) is 0.267. The quantitative estimate of drug-likeness (QED) is 0.697. The molecule has 0 atom stereocenters. The summed E-state index contributed by atoms with van der Waals surface area (Å²) in [4.78, 5) is 35.6. The highest BCUT2D eigenvalue weighted by molar-refractivity contribution is 6.26. The average molecular weight is 306 g/mol. The molecule has 1 aliphatic rings. The highest BCUT2D eigenvalue weighted by Gasteiger charge is 2.35. The van der Waals surface area contributed by atoms with E-state index in [2.05, 4.69) is 0 Å². The van der Waals surface area contributed by atoms with Crippen LogP contribution in [0.15, 0.2) is 11.8 Å². The van der Waals surface area contributed by atoms with E-state index in [0.717, 1.165) is 6.08 Å². The number of phenolic OH excluding ortho intramolecular Hbond substituents is 1. The molecule has 0 saturated heterocycles. The second kappa shape index (κ2) is 5.61. The van der Waals surface area contributed by atoms with Crippen LogP contribution in [0.1, 0.15) is 38.8 Å². The molecule has 2 rings (SSSR count). The molecule has 0 bridgehead atoms. The predicted octanol–water partition coefficient (Wildman–Crippen LogP) is 0.631. The van der Waals surface area contributed by atoms with Crippen LogP contribution in [0, 0.1) is 0 Å². The number of methoxy groups -OCH3 is 1. The molecule has 7 heteroatoms. The van der Waals surface area contributed by atoms with Crippen molar-refractivity contribution in [1.82, 2.24) is 0 Å². The van der Waals surface area contributed by atoms with Crippen molar-refractivity contribution in [3.8, 4) is 11.5 Å². The minimum atomic E-state index is -0.779. The van der Waals surface area contributed by atoms with Crippen molar-refractivity contribution in [2.24, 2.45) is 0 Å². The molecule has 1 aromatic carbocycles. The Labute approximate surface area is 125 Å². The first-order chi connectivity index (χ1) is 10.3. The molecule has 22 heavy (non-hydrogen) atoms. The van der Waals surface area contributed by atoms with Gasteiger partial charge in [0.05, 0.1) is 24.8 Å². The van der Waals surface area contributed by atoms with Gasteiger partial charge in [-0.05, 0) is 6.92 Å². The van der Waals surface area contributed by atoms with Gasteiger partial charge in [0.1, 0.15) is 17.3 Å². The van der Waals surface area contributed by atoms with E-state index in [9.17, 15) is 29.7 Å². The fourth-order valence-corrected chi connectivity index (χ4v) is 2.43. The lowest BCUT2D eigenvalue weighted by atomic mass is 9.85. The maximum absolute atomic E-state index is 12.2. The van der Waals surface area contributed by atoms with Crippen molar-refractivity contribution in [3.63, 3.8) is 0 Å². The van der Waals surface area contributed by atoms with E-state index in [-0.39, 0.29) is 29.1 Å². The van der Waals surface area contributed by atoms with Crippen LogP contribution in [0.2, 0.25) is 0 Å². The number of ether oxygens (including phenoxy) is 1. The fourth-order valence-electron chi connectivity index (χ4n) is 2.43. The van der Waals surface area contributed by atoms with Gasteiger partial charge in [0.15, 0.2) is 11.5 Å². The minimum Gasteiger partial charge on any atom is -0.507 e. The summed E-state index contributed by atoms with van der Waals surface area (Å²) in [5.74, 6) is -3.36. The first-order valence-electron chi connectivity index (χ1n) is 6.38. The van der Waals surface area contributed by atoms with Crippen molar-refractivity contribution in [3.05, 3.63) is 34.1 Å². The van der Waals surface area contributed by atoms with Gasteiger partial charge in [-0.15, -0.1) is 0 Å². The Morgan fingerprint density at radius 2 is 1.73 bits per heavy atom. The van der Waals surface area contributed by atoms with Crippen LogP contribution in [0.25, 0.3) is 0 Å². The molecular formula is C15H14O7. The summed E-state index contributed by atoms with van der Waals surface area (Å²) in [6.07, 6.45) is 0.603. The summed E-state index contributed by atoms with van der Waals surface area (Å²) >= 11 is 0. The number of benzene rings is 1. The highest BCUT2D eigenvalue weighted by Crippen LogP contribution is 2.41. The minimum absolute atomic E-state index is 0.0789. The zero-order valence-corrected chi connectivity index (χ0v) is 12.0. The molecule has 0 fully saturated rings. The van der Waals surface area contributed by atoms with Crippen LogP contribution in [0.4, 0.5) is 0 Å². The molecule has 0 radical (unpaired) electrons. The maximum atomic E-state index is 12.2. The van der Waals surface area contributed by atoms with Crippen LogP contribution in [0.3, 0.4) is 0 Å². The van der Waals surface area contributed by atoms with E-state index in [4.69, 9.17) is 4.74 Å². The van der Waals surface area contributed by atoms with E-state index in [1.807, 2.05) is 0 Å². The molecule has 0 amide bonds. The second-order valence-electron chi connectivity index (χ2n) is 4.85. The molecule has 0 unspecified atom stereocenters. The summed E-state index contributed by atoms with van der Waals surface area (Å²) in [6.45, 7) is 0.558. The van der Waals surface area contributed by atoms with E-state index < -0.39 is 40.8 Å². The lowest BCUT2D eigenvalue weighted by Gasteiger charge is -2.21. The largest absolute Gasteiger partial charge is 0.507 e. The van der Waals surface area contributed by atoms with Crippen LogP contribution in [-0.4, -0.2) is 39.8 Å². The summed E-state index contributed by atoms with van der Waals surface area (Å²) in [5, 5.41) is 29.8. The van der Waals surface area contributed by atoms with Crippen LogP contribution in [-0.2, 0) is 22.6 Å². The normalized spacial score (nSPS) is 13.7. The second-order valence-corrected chi connectivity index (χ2v) is 4.85. The van der Waals surface area contributed by atoms with E-state index >= 15 is 0 Å². The van der Waals surface area contributed by atoms with E-state index in [1.54, 1.807) is 0 Å². The summed E-state index contributed by atoms with van der Waals surface area (Å²) < 4.78 is 4.78. The van der Waals surface area contributed by atoms with Crippen molar-refractivity contribution in [2.45, 2.75) is 20.0 Å². The molecule has 0 aliphatic heterocycles. The van der Waals surface area contributed by atoms with Gasteiger partial charge in [-0.1, -0.05) is 0 Å². The third-order valence-corrected chi connectivity index (χ3v) is 3.42. The first kappa shape index (κ1) is 15.7. The van der Waals surface area contributed by atoms with E-state index in [0.29, 0.717) is 0 Å². The number of aromatic hydroxyl groups is 2. The topological polar surface area (TPSA) is 121 Å². The molecule has 1 aromatic rings. The number of rotatable bonds is 4. The Morgan fingerprint density at radius 3 is 2.23 bits per heavy atom. The number of phenols is 2. The van der Waals surface area contributed by atoms with Crippen molar-refractivity contribution in [1.29, 1.82) is 0 Å². The molecule has 0 aromatic heterocycles. The molecule has 7 nitrogen and oxygen atoms in total. The monoisotopic (exact) mass is 306 g/mol. The predicted molar refractivity (Wildman–Crippen MR) is 73.8 cm³/mol. The lowest BCUT2D eigenvalue weighted by molar-refractivity contribution is -0.116. The molecule has 0 heterocycles. The maximum Gasteiger partial charge on any atom is 0.232 e. The van der Waals surface area contributed by atoms with Gasteiger partial charge in [-0.3, -0.25) is 14.4 Å². The Hall–Kier alpha value is -2.67. The van der Waals surface area contributed by atoms with Crippen LogP contribution in [0.5, 0.6) is 11.5 Å². The van der Waals surface area contributed by atoms with Gasteiger partial charge >= 0.3 is 0 Å². The van der Waals surface area contributed by atoms with Gasteiger partial charge in [-0.2, -0.15) is 0 Å². The first-order valence-corrected chi connectivity index (χ1v) is 6.38. The van der Waals surface area contributed by atoms with Gasteiger partial charge in [0.25, 0.3) is 0 Å². The van der Waals surface area contributed by atoms with Crippen LogP contribution >= 0.6 is 0 Å². The highest BCUT2D eigenvalue weighted by atomic mass is 16.5. The van der Waals surface area contributed by atoms with Gasteiger partial charge in [0.2, 0.25) is 5.78 Å². The Morgan fingerprint density at radius 1 is 1.14 bits per heavy atom. The number of ketones is 3. The molecule has 0 saturated carbocycles. The molecule has 0 spiro atoms. The SMILES string of the molecule is COC1=CC(=O)c2c(O)c(CO)c(CC(C)=O)c(O)c2C1=O. The van der Waals surface area contributed by atoms with Crippen molar-refractivity contribution >= 4 is 17.3 Å². The van der Waals surface area contributed by atoms with Crippen molar-refractivity contribution in [2.75, 3.05) is 7.11 Å². The van der Waals surface area contributed by atoms with Crippen molar-refractivity contribution < 1.29 is 34.4 Å². The molecular weight excluding hydrogens is 292 g/mol. The smallest absolute Gasteiger partial charge is 0.232 e. The summed E-state index contributed by atoms with van der Waals surface area (Å²) in [5.41, 5.74) is -1.05.